The second-order valence-electron chi connectivity index (χ2n) is 6.32. The van der Waals surface area contributed by atoms with Crippen molar-refractivity contribution in [2.24, 2.45) is 11.8 Å². The van der Waals surface area contributed by atoms with Crippen molar-refractivity contribution in [3.05, 3.63) is 30.7 Å². The van der Waals surface area contributed by atoms with Gasteiger partial charge in [-0.25, -0.2) is 0 Å². The standard InChI is InChI=1S/C15H22N3/c1-11-6-14(4-5-15(11)16)18(3)9-12-7-17(2)8-13(12)10-18/h1,4-6,12-13H,7-10,16H2,2-3H3/q+1. The fraction of sp³-hybridized carbons (Fsp3) is 0.533. The molecule has 2 aliphatic rings. The highest BCUT2D eigenvalue weighted by molar-refractivity contribution is 5.58. The normalized spacial score (nSPS) is 35.9. The second-order valence-corrected chi connectivity index (χ2v) is 6.32. The van der Waals surface area contributed by atoms with Crippen LogP contribution in [-0.2, 0) is 0 Å². The summed E-state index contributed by atoms with van der Waals surface area (Å²) < 4.78 is 1.01. The van der Waals surface area contributed by atoms with E-state index in [2.05, 4.69) is 31.1 Å². The first-order chi connectivity index (χ1) is 8.48. The quantitative estimate of drug-likeness (QED) is 0.598. The first kappa shape index (κ1) is 12.0. The van der Waals surface area contributed by atoms with Crippen molar-refractivity contribution < 1.29 is 0 Å². The summed E-state index contributed by atoms with van der Waals surface area (Å²) in [5.41, 5.74) is 8.50. The summed E-state index contributed by atoms with van der Waals surface area (Å²) in [6, 6.07) is 6.13. The Balaban J connectivity index is 1.86. The van der Waals surface area contributed by atoms with Crippen molar-refractivity contribution in [1.82, 2.24) is 9.38 Å². The predicted octanol–water partition coefficient (Wildman–Crippen LogP) is 1.46. The molecule has 0 amide bonds. The van der Waals surface area contributed by atoms with Crippen LogP contribution in [0.3, 0.4) is 0 Å². The number of rotatable bonds is 1. The Morgan fingerprint density at radius 3 is 2.44 bits per heavy atom. The van der Waals surface area contributed by atoms with E-state index in [0.717, 1.165) is 16.3 Å². The van der Waals surface area contributed by atoms with Gasteiger partial charge in [0.1, 0.15) is 5.69 Å². The van der Waals surface area contributed by atoms with E-state index in [1.165, 1.54) is 31.9 Å². The number of nitrogen functional groups attached to an aromatic ring is 1. The summed E-state index contributed by atoms with van der Waals surface area (Å²) >= 11 is 0. The third-order valence-corrected chi connectivity index (χ3v) is 4.73. The van der Waals surface area contributed by atoms with Gasteiger partial charge < -0.3 is 10.6 Å². The average molecular weight is 244 g/mol. The van der Waals surface area contributed by atoms with Crippen LogP contribution in [0.2, 0.25) is 0 Å². The van der Waals surface area contributed by atoms with Gasteiger partial charge >= 0.3 is 0 Å². The molecule has 18 heavy (non-hydrogen) atoms. The van der Waals surface area contributed by atoms with Gasteiger partial charge in [0.05, 0.1) is 20.1 Å². The summed E-state index contributed by atoms with van der Waals surface area (Å²) in [4.78, 5) is 2.45. The van der Waals surface area contributed by atoms with Crippen molar-refractivity contribution in [1.29, 1.82) is 0 Å². The highest BCUT2D eigenvalue weighted by Gasteiger charge is 2.47. The van der Waals surface area contributed by atoms with Gasteiger partial charge in [-0.1, -0.05) is 0 Å². The molecule has 2 aliphatic heterocycles. The Kier molecular flexibility index (Phi) is 2.65. The lowest BCUT2D eigenvalue weighted by Crippen LogP contribution is -2.44. The number of anilines is 1. The zero-order valence-electron chi connectivity index (χ0n) is 11.3. The maximum atomic E-state index is 5.94. The monoisotopic (exact) mass is 244 g/mol. The SMILES string of the molecule is [CH]c1cc([N+]2(C)CC3CN(C)CC3C2)ccc1N. The van der Waals surface area contributed by atoms with E-state index in [0.29, 0.717) is 11.3 Å². The van der Waals surface area contributed by atoms with Crippen molar-refractivity contribution >= 4 is 11.4 Å². The van der Waals surface area contributed by atoms with Crippen LogP contribution >= 0.6 is 0 Å². The minimum absolute atomic E-state index is 0.685. The van der Waals surface area contributed by atoms with Gasteiger partial charge in [0.25, 0.3) is 0 Å². The first-order valence-electron chi connectivity index (χ1n) is 6.66. The summed E-state index contributed by atoms with van der Waals surface area (Å²) in [6.45, 7) is 10.9. The first-order valence-corrected chi connectivity index (χ1v) is 6.66. The van der Waals surface area contributed by atoms with Crippen LogP contribution in [0.15, 0.2) is 18.2 Å². The molecule has 2 radical (unpaired) electrons. The van der Waals surface area contributed by atoms with Crippen molar-refractivity contribution in [2.75, 3.05) is 46.0 Å². The van der Waals surface area contributed by atoms with E-state index in [9.17, 15) is 0 Å². The number of quaternary nitrogens is 1. The molecule has 3 rings (SSSR count). The highest BCUT2D eigenvalue weighted by Crippen LogP contribution is 2.38. The molecule has 2 N–H and O–H groups in total. The number of nitrogens with two attached hydrogens (primary N) is 1. The van der Waals surface area contributed by atoms with Crippen LogP contribution in [0, 0.1) is 18.8 Å². The maximum Gasteiger partial charge on any atom is 0.133 e. The zero-order chi connectivity index (χ0) is 12.9. The minimum atomic E-state index is 0.685. The number of benzene rings is 1. The summed E-state index contributed by atoms with van der Waals surface area (Å²) in [5, 5.41) is 0. The van der Waals surface area contributed by atoms with Gasteiger partial charge in [-0.3, -0.25) is 4.48 Å². The number of fused-ring (bicyclic) bond motifs is 1. The molecule has 0 aliphatic carbocycles. The number of likely N-dealkylation sites (tertiary alicyclic amines) is 2. The third kappa shape index (κ3) is 1.82. The molecular formula is C15H22N3+. The number of hydrogen-bond donors (Lipinski definition) is 1. The van der Waals surface area contributed by atoms with Gasteiger partial charge in [0.2, 0.25) is 0 Å². The Hall–Kier alpha value is -1.06. The lowest BCUT2D eigenvalue weighted by Gasteiger charge is -2.31. The van der Waals surface area contributed by atoms with Crippen LogP contribution in [0.1, 0.15) is 5.56 Å². The zero-order valence-corrected chi connectivity index (χ0v) is 11.3. The Labute approximate surface area is 110 Å². The van der Waals surface area contributed by atoms with Crippen LogP contribution < -0.4 is 10.2 Å². The lowest BCUT2D eigenvalue weighted by atomic mass is 10.0. The molecule has 0 bridgehead atoms. The molecule has 0 saturated carbocycles. The summed E-state index contributed by atoms with van der Waals surface area (Å²) in [6.07, 6.45) is 0. The molecule has 3 nitrogen and oxygen atoms in total. The molecule has 2 fully saturated rings. The van der Waals surface area contributed by atoms with Crippen molar-refractivity contribution in [3.63, 3.8) is 0 Å². The van der Waals surface area contributed by atoms with Crippen molar-refractivity contribution in [3.8, 4) is 0 Å². The van der Waals surface area contributed by atoms with Gasteiger partial charge in [-0.2, -0.15) is 0 Å². The van der Waals surface area contributed by atoms with E-state index in [4.69, 9.17) is 12.7 Å². The molecule has 2 unspecified atom stereocenters. The molecular weight excluding hydrogens is 222 g/mol. The van der Waals surface area contributed by atoms with Crippen LogP contribution in [0.5, 0.6) is 0 Å². The fourth-order valence-electron chi connectivity index (χ4n) is 3.81. The molecule has 96 valence electrons. The lowest BCUT2D eigenvalue weighted by molar-refractivity contribution is 0.314. The Bertz CT molecular complexity index is 455. The van der Waals surface area contributed by atoms with E-state index in [1.807, 2.05) is 6.07 Å². The van der Waals surface area contributed by atoms with Gasteiger partial charge in [0, 0.05) is 49.7 Å². The van der Waals surface area contributed by atoms with Gasteiger partial charge in [0.15, 0.2) is 0 Å². The van der Waals surface area contributed by atoms with Gasteiger partial charge in [-0.15, -0.1) is 0 Å². The van der Waals surface area contributed by atoms with Crippen molar-refractivity contribution in [2.45, 2.75) is 0 Å². The molecule has 3 heteroatoms. The number of nitrogens with zero attached hydrogens (tertiary/aromatic N) is 2. The Morgan fingerprint density at radius 2 is 1.89 bits per heavy atom. The molecule has 2 heterocycles. The molecule has 1 aromatic carbocycles. The second kappa shape index (κ2) is 3.97. The summed E-state index contributed by atoms with van der Waals surface area (Å²) in [7, 11) is 4.55. The maximum absolute atomic E-state index is 5.94. The van der Waals surface area contributed by atoms with Crippen LogP contribution in [0.4, 0.5) is 11.4 Å². The third-order valence-electron chi connectivity index (χ3n) is 4.73. The number of hydrogen-bond acceptors (Lipinski definition) is 2. The Morgan fingerprint density at radius 1 is 1.28 bits per heavy atom. The molecule has 0 spiro atoms. The molecule has 0 aromatic heterocycles. The van der Waals surface area contributed by atoms with Gasteiger partial charge in [-0.05, 0) is 18.7 Å². The van der Waals surface area contributed by atoms with Crippen LogP contribution in [0.25, 0.3) is 0 Å². The molecule has 1 aromatic rings. The smallest absolute Gasteiger partial charge is 0.133 e. The van der Waals surface area contributed by atoms with Crippen LogP contribution in [-0.4, -0.2) is 45.2 Å². The largest absolute Gasteiger partial charge is 0.398 e. The average Bonchev–Trinajstić information content (AvgIpc) is 2.76. The predicted molar refractivity (Wildman–Crippen MR) is 76.2 cm³/mol. The van der Waals surface area contributed by atoms with E-state index < -0.39 is 0 Å². The molecule has 2 atom stereocenters. The van der Waals surface area contributed by atoms with E-state index in [1.54, 1.807) is 0 Å². The minimum Gasteiger partial charge on any atom is -0.398 e. The molecule has 2 saturated heterocycles. The topological polar surface area (TPSA) is 29.3 Å². The fourth-order valence-corrected chi connectivity index (χ4v) is 3.81. The summed E-state index contributed by atoms with van der Waals surface area (Å²) in [5.74, 6) is 1.66. The van der Waals surface area contributed by atoms with E-state index >= 15 is 0 Å². The highest BCUT2D eigenvalue weighted by atomic mass is 15.4. The van der Waals surface area contributed by atoms with E-state index in [-0.39, 0.29) is 0 Å².